The Hall–Kier alpha value is -1.34. The number of furan rings is 1. The Morgan fingerprint density at radius 2 is 2.15 bits per heavy atom. The highest BCUT2D eigenvalue weighted by Crippen LogP contribution is 2.16. The van der Waals surface area contributed by atoms with E-state index in [4.69, 9.17) is 4.42 Å². The summed E-state index contributed by atoms with van der Waals surface area (Å²) in [6.45, 7) is 4.17. The Balaban J connectivity index is 1.49. The van der Waals surface area contributed by atoms with Gasteiger partial charge >= 0.3 is 0 Å². The summed E-state index contributed by atoms with van der Waals surface area (Å²) in [6.07, 6.45) is 5.72. The summed E-state index contributed by atoms with van der Waals surface area (Å²) in [6, 6.07) is 3.81. The van der Waals surface area contributed by atoms with Crippen LogP contribution >= 0.6 is 11.8 Å². The van der Waals surface area contributed by atoms with Crippen LogP contribution in [0, 0.1) is 0 Å². The van der Waals surface area contributed by atoms with Crippen LogP contribution in [0.15, 0.2) is 28.0 Å². The van der Waals surface area contributed by atoms with E-state index in [-0.39, 0.29) is 0 Å². The fraction of sp³-hybridized carbons (Fsp3) is 0.615. The molecule has 108 valence electrons. The minimum atomic E-state index is 0.589. The molecule has 0 spiro atoms. The number of hydrogen-bond donors (Lipinski definition) is 0. The van der Waals surface area contributed by atoms with Crippen LogP contribution in [-0.2, 0) is 6.54 Å². The van der Waals surface area contributed by atoms with Gasteiger partial charge < -0.3 is 9.32 Å². The van der Waals surface area contributed by atoms with E-state index in [0.717, 1.165) is 23.2 Å². The molecule has 0 unspecified atom stereocenters. The maximum atomic E-state index is 5.33. The van der Waals surface area contributed by atoms with Gasteiger partial charge in [-0.1, -0.05) is 18.2 Å². The van der Waals surface area contributed by atoms with Crippen molar-refractivity contribution in [2.75, 3.05) is 25.4 Å². The first kappa shape index (κ1) is 13.6. The molecular formula is C13H19N5OS. The maximum Gasteiger partial charge on any atom is 0.209 e. The predicted octanol–water partition coefficient (Wildman–Crippen LogP) is 1.89. The average Bonchev–Trinajstić information content (AvgIpc) is 3.13. The molecule has 0 N–H and O–H groups in total. The van der Waals surface area contributed by atoms with Gasteiger partial charge in [-0.05, 0) is 48.5 Å². The van der Waals surface area contributed by atoms with Crippen LogP contribution in [0.1, 0.15) is 25.0 Å². The summed E-state index contributed by atoms with van der Waals surface area (Å²) >= 11 is 1.71. The number of piperidine rings is 1. The van der Waals surface area contributed by atoms with Crippen molar-refractivity contribution in [1.29, 1.82) is 0 Å². The van der Waals surface area contributed by atoms with E-state index in [0.29, 0.717) is 6.54 Å². The van der Waals surface area contributed by atoms with Gasteiger partial charge in [-0.3, -0.25) is 0 Å². The lowest BCUT2D eigenvalue weighted by atomic mass is 10.1. The van der Waals surface area contributed by atoms with Crippen LogP contribution in [-0.4, -0.2) is 50.5 Å². The Morgan fingerprint density at radius 3 is 2.95 bits per heavy atom. The molecule has 6 nitrogen and oxygen atoms in total. The summed E-state index contributed by atoms with van der Waals surface area (Å²) in [5.74, 6) is 1.90. The number of likely N-dealkylation sites (tertiary alicyclic amines) is 1. The van der Waals surface area contributed by atoms with Gasteiger partial charge in [0.15, 0.2) is 0 Å². The SMILES string of the molecule is c1coc(Cn2nnnc2SCCN2CCCCC2)c1. The zero-order valence-corrected chi connectivity index (χ0v) is 12.3. The maximum absolute atomic E-state index is 5.33. The molecule has 2 aromatic rings. The van der Waals surface area contributed by atoms with Crippen molar-refractivity contribution in [1.82, 2.24) is 25.1 Å². The first-order valence-corrected chi connectivity index (χ1v) is 8.04. The molecule has 1 fully saturated rings. The zero-order valence-electron chi connectivity index (χ0n) is 11.4. The minimum absolute atomic E-state index is 0.589. The van der Waals surface area contributed by atoms with Gasteiger partial charge in [0.1, 0.15) is 12.3 Å². The lowest BCUT2D eigenvalue weighted by molar-refractivity contribution is 0.242. The Labute approximate surface area is 122 Å². The monoisotopic (exact) mass is 293 g/mol. The second-order valence-electron chi connectivity index (χ2n) is 4.95. The second-order valence-corrected chi connectivity index (χ2v) is 6.01. The molecule has 0 bridgehead atoms. The highest BCUT2D eigenvalue weighted by molar-refractivity contribution is 7.99. The molecule has 20 heavy (non-hydrogen) atoms. The van der Waals surface area contributed by atoms with Crippen molar-refractivity contribution < 1.29 is 4.42 Å². The third-order valence-corrected chi connectivity index (χ3v) is 4.41. The van der Waals surface area contributed by atoms with Gasteiger partial charge in [-0.25, -0.2) is 4.68 Å². The number of nitrogens with zero attached hydrogens (tertiary/aromatic N) is 5. The normalized spacial score (nSPS) is 16.6. The van der Waals surface area contributed by atoms with E-state index in [9.17, 15) is 0 Å². The number of thioether (sulfide) groups is 1. The summed E-state index contributed by atoms with van der Waals surface area (Å²) in [5, 5.41) is 12.7. The third kappa shape index (κ3) is 3.61. The van der Waals surface area contributed by atoms with Crippen LogP contribution in [0.3, 0.4) is 0 Å². The van der Waals surface area contributed by atoms with E-state index in [2.05, 4.69) is 20.4 Å². The molecule has 1 aliphatic rings. The van der Waals surface area contributed by atoms with Crippen molar-refractivity contribution in [3.8, 4) is 0 Å². The molecule has 3 rings (SSSR count). The summed E-state index contributed by atoms with van der Waals surface area (Å²) < 4.78 is 7.12. The van der Waals surface area contributed by atoms with Gasteiger partial charge in [0.05, 0.1) is 6.26 Å². The summed E-state index contributed by atoms with van der Waals surface area (Å²) in [5.41, 5.74) is 0. The quantitative estimate of drug-likeness (QED) is 0.758. The third-order valence-electron chi connectivity index (χ3n) is 3.47. The van der Waals surface area contributed by atoms with Crippen molar-refractivity contribution in [2.24, 2.45) is 0 Å². The molecule has 1 saturated heterocycles. The summed E-state index contributed by atoms with van der Waals surface area (Å²) in [7, 11) is 0. The fourth-order valence-electron chi connectivity index (χ4n) is 2.40. The molecule has 1 aliphatic heterocycles. The topological polar surface area (TPSA) is 60.0 Å². The largest absolute Gasteiger partial charge is 0.467 e. The van der Waals surface area contributed by atoms with E-state index in [1.165, 1.54) is 32.4 Å². The van der Waals surface area contributed by atoms with Gasteiger partial charge in [-0.15, -0.1) is 5.10 Å². The Morgan fingerprint density at radius 1 is 1.25 bits per heavy atom. The highest BCUT2D eigenvalue weighted by atomic mass is 32.2. The van der Waals surface area contributed by atoms with Gasteiger partial charge in [0, 0.05) is 12.3 Å². The lowest BCUT2D eigenvalue weighted by Gasteiger charge is -2.25. The molecule has 2 aromatic heterocycles. The smallest absolute Gasteiger partial charge is 0.209 e. The minimum Gasteiger partial charge on any atom is -0.467 e. The highest BCUT2D eigenvalue weighted by Gasteiger charge is 2.12. The number of hydrogen-bond acceptors (Lipinski definition) is 6. The summed E-state index contributed by atoms with van der Waals surface area (Å²) in [4.78, 5) is 2.52. The first-order chi connectivity index (χ1) is 9.92. The molecule has 0 aliphatic carbocycles. The molecule has 0 atom stereocenters. The van der Waals surface area contributed by atoms with Crippen LogP contribution in [0.2, 0.25) is 0 Å². The van der Waals surface area contributed by atoms with Crippen molar-refractivity contribution in [3.05, 3.63) is 24.2 Å². The second kappa shape index (κ2) is 6.90. The van der Waals surface area contributed by atoms with Crippen molar-refractivity contribution in [2.45, 2.75) is 31.0 Å². The first-order valence-electron chi connectivity index (χ1n) is 7.05. The predicted molar refractivity (Wildman–Crippen MR) is 76.6 cm³/mol. The molecule has 7 heteroatoms. The van der Waals surface area contributed by atoms with Crippen LogP contribution < -0.4 is 0 Å². The number of aromatic nitrogens is 4. The Kier molecular flexibility index (Phi) is 4.70. The van der Waals surface area contributed by atoms with Gasteiger partial charge in [0.2, 0.25) is 5.16 Å². The fourth-order valence-corrected chi connectivity index (χ4v) is 3.27. The van der Waals surface area contributed by atoms with Crippen LogP contribution in [0.5, 0.6) is 0 Å². The van der Waals surface area contributed by atoms with Gasteiger partial charge in [-0.2, -0.15) is 0 Å². The van der Waals surface area contributed by atoms with E-state index < -0.39 is 0 Å². The van der Waals surface area contributed by atoms with E-state index in [1.54, 1.807) is 22.7 Å². The van der Waals surface area contributed by atoms with Crippen molar-refractivity contribution in [3.63, 3.8) is 0 Å². The average molecular weight is 293 g/mol. The number of rotatable bonds is 6. The standard InChI is InChI=1S/C13H19N5OS/c1-2-6-17(7-3-1)8-10-20-13-14-15-16-18(13)11-12-5-4-9-19-12/h4-5,9H,1-3,6-8,10-11H2. The zero-order chi connectivity index (χ0) is 13.6. The molecule has 0 amide bonds. The van der Waals surface area contributed by atoms with Crippen LogP contribution in [0.4, 0.5) is 0 Å². The van der Waals surface area contributed by atoms with E-state index in [1.807, 2.05) is 12.1 Å². The van der Waals surface area contributed by atoms with Crippen LogP contribution in [0.25, 0.3) is 0 Å². The van der Waals surface area contributed by atoms with Crippen molar-refractivity contribution >= 4 is 11.8 Å². The molecule has 0 aromatic carbocycles. The lowest BCUT2D eigenvalue weighted by Crippen LogP contribution is -2.31. The molecule has 0 saturated carbocycles. The Bertz CT molecular complexity index is 507. The molecular weight excluding hydrogens is 274 g/mol. The number of tetrazole rings is 1. The molecule has 3 heterocycles. The van der Waals surface area contributed by atoms with Gasteiger partial charge in [0.25, 0.3) is 0 Å². The molecule has 0 radical (unpaired) electrons. The van der Waals surface area contributed by atoms with E-state index >= 15 is 0 Å².